The first-order chi connectivity index (χ1) is 8.09. The van der Waals surface area contributed by atoms with Crippen LogP contribution in [0.15, 0.2) is 12.1 Å². The molecule has 0 aliphatic carbocycles. The lowest BCUT2D eigenvalue weighted by Gasteiger charge is -2.21. The molecule has 2 nitrogen and oxygen atoms in total. The van der Waals surface area contributed by atoms with Gasteiger partial charge in [-0.3, -0.25) is 4.79 Å². The summed E-state index contributed by atoms with van der Waals surface area (Å²) in [5.41, 5.74) is 1.78. The molecule has 17 heavy (non-hydrogen) atoms. The Morgan fingerprint density at radius 1 is 1.24 bits per heavy atom. The SMILES string of the molecule is Cc1cc(C(=O)C2CCNCC2)cc(C)c1F. The second kappa shape index (κ2) is 4.96. The van der Waals surface area contributed by atoms with E-state index in [4.69, 9.17) is 0 Å². The molecule has 1 fully saturated rings. The molecular formula is C14H18FNO. The third-order valence-corrected chi connectivity index (χ3v) is 3.43. The molecule has 1 aliphatic heterocycles. The zero-order valence-corrected chi connectivity index (χ0v) is 10.3. The van der Waals surface area contributed by atoms with Crippen molar-refractivity contribution in [1.82, 2.24) is 5.32 Å². The Balaban J connectivity index is 2.24. The molecule has 0 radical (unpaired) electrons. The van der Waals surface area contributed by atoms with Crippen LogP contribution in [-0.2, 0) is 0 Å². The number of carbonyl (C=O) groups excluding carboxylic acids is 1. The summed E-state index contributed by atoms with van der Waals surface area (Å²) in [7, 11) is 0. The number of hydrogen-bond donors (Lipinski definition) is 1. The fourth-order valence-corrected chi connectivity index (χ4v) is 2.41. The molecule has 0 bridgehead atoms. The Labute approximate surface area is 101 Å². The number of piperidine rings is 1. The van der Waals surface area contributed by atoms with E-state index in [1.54, 1.807) is 26.0 Å². The van der Waals surface area contributed by atoms with Crippen LogP contribution in [0.2, 0.25) is 0 Å². The van der Waals surface area contributed by atoms with Gasteiger partial charge in [0, 0.05) is 11.5 Å². The molecule has 0 unspecified atom stereocenters. The highest BCUT2D eigenvalue weighted by Gasteiger charge is 2.22. The number of rotatable bonds is 2. The van der Waals surface area contributed by atoms with Crippen LogP contribution in [0.5, 0.6) is 0 Å². The van der Waals surface area contributed by atoms with Crippen LogP contribution in [0.25, 0.3) is 0 Å². The maximum absolute atomic E-state index is 13.5. The van der Waals surface area contributed by atoms with Crippen LogP contribution < -0.4 is 5.32 Å². The average Bonchev–Trinajstić information content (AvgIpc) is 2.35. The van der Waals surface area contributed by atoms with Gasteiger partial charge >= 0.3 is 0 Å². The average molecular weight is 235 g/mol. The standard InChI is InChI=1S/C14H18FNO/c1-9-7-12(8-10(2)13(9)15)14(17)11-3-5-16-6-4-11/h7-8,11,16H,3-6H2,1-2H3. The summed E-state index contributed by atoms with van der Waals surface area (Å²) in [5, 5.41) is 3.24. The predicted molar refractivity (Wildman–Crippen MR) is 65.8 cm³/mol. The Morgan fingerprint density at radius 2 is 1.76 bits per heavy atom. The van der Waals surface area contributed by atoms with Crippen molar-refractivity contribution in [3.63, 3.8) is 0 Å². The monoisotopic (exact) mass is 235 g/mol. The number of carbonyl (C=O) groups is 1. The topological polar surface area (TPSA) is 29.1 Å². The number of Topliss-reactive ketones (excluding diaryl/α,β-unsaturated/α-hetero) is 1. The van der Waals surface area contributed by atoms with E-state index in [0.29, 0.717) is 16.7 Å². The molecule has 1 aliphatic rings. The molecule has 1 saturated heterocycles. The third kappa shape index (κ3) is 2.55. The van der Waals surface area contributed by atoms with Crippen molar-refractivity contribution in [1.29, 1.82) is 0 Å². The van der Waals surface area contributed by atoms with Crippen LogP contribution in [0.4, 0.5) is 4.39 Å². The van der Waals surface area contributed by atoms with Crippen LogP contribution in [-0.4, -0.2) is 18.9 Å². The fraction of sp³-hybridized carbons (Fsp3) is 0.500. The predicted octanol–water partition coefficient (Wildman–Crippen LogP) is 2.62. The zero-order chi connectivity index (χ0) is 12.4. The van der Waals surface area contributed by atoms with Gasteiger partial charge in [-0.05, 0) is 63.0 Å². The van der Waals surface area contributed by atoms with Crippen molar-refractivity contribution < 1.29 is 9.18 Å². The Morgan fingerprint density at radius 3 is 2.29 bits per heavy atom. The smallest absolute Gasteiger partial charge is 0.166 e. The van der Waals surface area contributed by atoms with Crippen molar-refractivity contribution >= 4 is 5.78 Å². The normalized spacial score (nSPS) is 17.1. The first-order valence-electron chi connectivity index (χ1n) is 6.11. The molecule has 0 aromatic heterocycles. The summed E-state index contributed by atoms with van der Waals surface area (Å²) in [6.45, 7) is 5.22. The molecule has 1 aromatic carbocycles. The summed E-state index contributed by atoms with van der Waals surface area (Å²) >= 11 is 0. The van der Waals surface area contributed by atoms with Crippen LogP contribution >= 0.6 is 0 Å². The van der Waals surface area contributed by atoms with E-state index in [0.717, 1.165) is 25.9 Å². The van der Waals surface area contributed by atoms with Crippen molar-refractivity contribution in [3.05, 3.63) is 34.6 Å². The summed E-state index contributed by atoms with van der Waals surface area (Å²) in [4.78, 5) is 12.3. The number of hydrogen-bond acceptors (Lipinski definition) is 2. The number of aryl methyl sites for hydroxylation is 2. The first-order valence-corrected chi connectivity index (χ1v) is 6.11. The van der Waals surface area contributed by atoms with E-state index in [-0.39, 0.29) is 17.5 Å². The molecular weight excluding hydrogens is 217 g/mol. The van der Waals surface area contributed by atoms with Crippen LogP contribution in [0.1, 0.15) is 34.3 Å². The Kier molecular flexibility index (Phi) is 3.57. The molecule has 0 saturated carbocycles. The van der Waals surface area contributed by atoms with Gasteiger partial charge in [0.25, 0.3) is 0 Å². The highest BCUT2D eigenvalue weighted by Crippen LogP contribution is 2.21. The lowest BCUT2D eigenvalue weighted by Crippen LogP contribution is -2.32. The number of nitrogens with one attached hydrogen (secondary N) is 1. The minimum atomic E-state index is -0.202. The van der Waals surface area contributed by atoms with E-state index in [9.17, 15) is 9.18 Å². The quantitative estimate of drug-likeness (QED) is 0.798. The van der Waals surface area contributed by atoms with E-state index in [1.807, 2.05) is 0 Å². The molecule has 0 spiro atoms. The minimum absolute atomic E-state index is 0.0977. The van der Waals surface area contributed by atoms with Crippen molar-refractivity contribution in [2.24, 2.45) is 5.92 Å². The third-order valence-electron chi connectivity index (χ3n) is 3.43. The maximum Gasteiger partial charge on any atom is 0.166 e. The molecule has 0 atom stereocenters. The first kappa shape index (κ1) is 12.2. The molecule has 1 heterocycles. The van der Waals surface area contributed by atoms with E-state index in [2.05, 4.69) is 5.32 Å². The van der Waals surface area contributed by atoms with Gasteiger partial charge in [-0.1, -0.05) is 0 Å². The summed E-state index contributed by atoms with van der Waals surface area (Å²) < 4.78 is 13.5. The van der Waals surface area contributed by atoms with Gasteiger partial charge in [-0.2, -0.15) is 0 Å². The molecule has 3 heteroatoms. The van der Waals surface area contributed by atoms with Gasteiger partial charge in [0.2, 0.25) is 0 Å². The Bertz CT molecular complexity index is 413. The van der Waals surface area contributed by atoms with Crippen molar-refractivity contribution in [3.8, 4) is 0 Å². The summed E-state index contributed by atoms with van der Waals surface area (Å²) in [6, 6.07) is 3.35. The van der Waals surface area contributed by atoms with Crippen molar-refractivity contribution in [2.75, 3.05) is 13.1 Å². The van der Waals surface area contributed by atoms with Crippen LogP contribution in [0, 0.1) is 25.6 Å². The highest BCUT2D eigenvalue weighted by atomic mass is 19.1. The van der Waals surface area contributed by atoms with E-state index < -0.39 is 0 Å². The van der Waals surface area contributed by atoms with Gasteiger partial charge in [0.1, 0.15) is 5.82 Å². The lowest BCUT2D eigenvalue weighted by atomic mass is 9.88. The number of ketones is 1. The van der Waals surface area contributed by atoms with Gasteiger partial charge in [-0.25, -0.2) is 4.39 Å². The second-order valence-electron chi connectivity index (χ2n) is 4.81. The molecule has 92 valence electrons. The highest BCUT2D eigenvalue weighted by molar-refractivity contribution is 5.98. The van der Waals surface area contributed by atoms with Gasteiger partial charge in [-0.15, -0.1) is 0 Å². The van der Waals surface area contributed by atoms with Gasteiger partial charge < -0.3 is 5.32 Å². The lowest BCUT2D eigenvalue weighted by molar-refractivity contribution is 0.0895. The van der Waals surface area contributed by atoms with E-state index >= 15 is 0 Å². The molecule has 1 N–H and O–H groups in total. The summed E-state index contributed by atoms with van der Waals surface area (Å²) in [5.74, 6) is 0.0603. The fourth-order valence-electron chi connectivity index (χ4n) is 2.41. The van der Waals surface area contributed by atoms with Gasteiger partial charge in [0.05, 0.1) is 0 Å². The zero-order valence-electron chi connectivity index (χ0n) is 10.3. The summed E-state index contributed by atoms with van der Waals surface area (Å²) in [6.07, 6.45) is 1.77. The Hall–Kier alpha value is -1.22. The maximum atomic E-state index is 13.5. The molecule has 1 aromatic rings. The van der Waals surface area contributed by atoms with E-state index in [1.165, 1.54) is 0 Å². The number of benzene rings is 1. The second-order valence-corrected chi connectivity index (χ2v) is 4.81. The van der Waals surface area contributed by atoms with Crippen LogP contribution in [0.3, 0.4) is 0 Å². The van der Waals surface area contributed by atoms with Gasteiger partial charge in [0.15, 0.2) is 5.78 Å². The van der Waals surface area contributed by atoms with Crippen molar-refractivity contribution in [2.45, 2.75) is 26.7 Å². The largest absolute Gasteiger partial charge is 0.317 e. The number of halogens is 1. The molecule has 0 amide bonds. The molecule has 2 rings (SSSR count). The minimum Gasteiger partial charge on any atom is -0.317 e.